The van der Waals surface area contributed by atoms with Gasteiger partial charge in [-0.05, 0) is 30.7 Å². The summed E-state index contributed by atoms with van der Waals surface area (Å²) in [5.41, 5.74) is 4.98. The maximum Gasteiger partial charge on any atom is 0.248 e. The molecule has 1 aliphatic rings. The number of allylic oxidation sites excluding steroid dienone is 1. The van der Waals surface area contributed by atoms with Gasteiger partial charge in [-0.15, -0.1) is 0 Å². The molecular weight excluding hydrogens is 386 g/mol. The number of nitrogens with zero attached hydrogens (tertiary/aromatic N) is 1. The first-order valence-electron chi connectivity index (χ1n) is 10.1. The van der Waals surface area contributed by atoms with Gasteiger partial charge in [-0.3, -0.25) is 29.8 Å². The van der Waals surface area contributed by atoms with Gasteiger partial charge in [0.2, 0.25) is 23.6 Å². The molecule has 1 aromatic carbocycles. The molecule has 1 fully saturated rings. The van der Waals surface area contributed by atoms with Crippen molar-refractivity contribution in [1.82, 2.24) is 15.9 Å². The summed E-state index contributed by atoms with van der Waals surface area (Å²) < 4.78 is 0. The monoisotopic (exact) mass is 415 g/mol. The lowest BCUT2D eigenvalue weighted by Crippen LogP contribution is -2.54. The minimum Gasteiger partial charge on any atom is -0.289 e. The van der Waals surface area contributed by atoms with E-state index in [-0.39, 0.29) is 25.2 Å². The van der Waals surface area contributed by atoms with Gasteiger partial charge in [0.25, 0.3) is 0 Å². The SMILES string of the molecule is CC(C)CC(C(=O)NN1C(=O)CCCC1=O)[C@H](C/C=C\c1ccccc1)C(=O)NO. The van der Waals surface area contributed by atoms with Crippen molar-refractivity contribution in [3.05, 3.63) is 42.0 Å². The maximum atomic E-state index is 13.0. The molecule has 162 valence electrons. The topological polar surface area (TPSA) is 116 Å². The van der Waals surface area contributed by atoms with E-state index >= 15 is 0 Å². The quantitative estimate of drug-likeness (QED) is 0.325. The second-order valence-electron chi connectivity index (χ2n) is 7.82. The van der Waals surface area contributed by atoms with Crippen molar-refractivity contribution in [2.45, 2.75) is 46.0 Å². The Kier molecular flexibility index (Phi) is 8.73. The normalized spacial score (nSPS) is 16.6. The fraction of sp³-hybridized carbons (Fsp3) is 0.455. The van der Waals surface area contributed by atoms with E-state index in [0.717, 1.165) is 10.6 Å². The number of carbonyl (C=O) groups excluding carboxylic acids is 4. The molecule has 8 heteroatoms. The van der Waals surface area contributed by atoms with E-state index in [9.17, 15) is 24.4 Å². The summed E-state index contributed by atoms with van der Waals surface area (Å²) in [6, 6.07) is 9.48. The third-order valence-corrected chi connectivity index (χ3v) is 5.00. The van der Waals surface area contributed by atoms with Crippen LogP contribution in [0.1, 0.15) is 51.5 Å². The molecule has 1 aromatic rings. The smallest absolute Gasteiger partial charge is 0.248 e. The van der Waals surface area contributed by atoms with Crippen LogP contribution in [0.4, 0.5) is 0 Å². The molecule has 8 nitrogen and oxygen atoms in total. The Morgan fingerprint density at radius 2 is 1.70 bits per heavy atom. The molecule has 2 atom stereocenters. The number of hydrazine groups is 1. The lowest BCUT2D eigenvalue weighted by Gasteiger charge is -2.30. The minimum atomic E-state index is -0.868. The second kappa shape index (κ2) is 11.3. The molecule has 1 aliphatic heterocycles. The zero-order valence-corrected chi connectivity index (χ0v) is 17.3. The van der Waals surface area contributed by atoms with Gasteiger partial charge in [-0.1, -0.05) is 56.3 Å². The predicted octanol–water partition coefficient (Wildman–Crippen LogP) is 2.44. The Morgan fingerprint density at radius 1 is 1.07 bits per heavy atom. The van der Waals surface area contributed by atoms with E-state index in [0.29, 0.717) is 12.8 Å². The van der Waals surface area contributed by atoms with E-state index in [2.05, 4.69) is 5.43 Å². The molecule has 0 aliphatic carbocycles. The van der Waals surface area contributed by atoms with E-state index < -0.39 is 35.5 Å². The first-order valence-corrected chi connectivity index (χ1v) is 10.1. The lowest BCUT2D eigenvalue weighted by molar-refractivity contribution is -0.158. The van der Waals surface area contributed by atoms with Crippen LogP contribution in [0.3, 0.4) is 0 Å². The molecule has 0 aromatic heterocycles. The Morgan fingerprint density at radius 3 is 2.27 bits per heavy atom. The van der Waals surface area contributed by atoms with Crippen molar-refractivity contribution in [2.24, 2.45) is 17.8 Å². The Labute approximate surface area is 176 Å². The Bertz CT molecular complexity index is 775. The van der Waals surface area contributed by atoms with Crippen LogP contribution in [0.2, 0.25) is 0 Å². The zero-order chi connectivity index (χ0) is 22.1. The molecular formula is C22H29N3O5. The molecule has 0 radical (unpaired) electrons. The molecule has 1 unspecified atom stereocenters. The van der Waals surface area contributed by atoms with Crippen LogP contribution >= 0.6 is 0 Å². The summed E-state index contributed by atoms with van der Waals surface area (Å²) in [6.07, 6.45) is 4.97. The molecule has 4 amide bonds. The number of hydrogen-bond acceptors (Lipinski definition) is 5. The van der Waals surface area contributed by atoms with Gasteiger partial charge in [0, 0.05) is 12.8 Å². The highest BCUT2D eigenvalue weighted by molar-refractivity contribution is 5.99. The van der Waals surface area contributed by atoms with Gasteiger partial charge in [-0.25, -0.2) is 5.48 Å². The number of imide groups is 1. The number of rotatable bonds is 9. The molecule has 0 saturated carbocycles. The first kappa shape index (κ1) is 23.3. The molecule has 1 heterocycles. The highest BCUT2D eigenvalue weighted by Crippen LogP contribution is 2.26. The van der Waals surface area contributed by atoms with Crippen molar-refractivity contribution in [1.29, 1.82) is 0 Å². The van der Waals surface area contributed by atoms with Gasteiger partial charge >= 0.3 is 0 Å². The largest absolute Gasteiger partial charge is 0.289 e. The van der Waals surface area contributed by atoms with Gasteiger partial charge in [0.05, 0.1) is 11.8 Å². The standard InChI is InChI=1S/C22H29N3O5/c1-15(2)14-18(21(28)23-25-19(26)12-7-13-20(25)27)17(22(29)24-30)11-6-10-16-8-4-3-5-9-16/h3-6,8-10,15,17-18,30H,7,11-14H2,1-2H3,(H,23,28)(H,24,29)/b10-6-/t17-,18?/m0/s1. The van der Waals surface area contributed by atoms with E-state index in [4.69, 9.17) is 0 Å². The van der Waals surface area contributed by atoms with Gasteiger partial charge < -0.3 is 0 Å². The molecule has 0 spiro atoms. The van der Waals surface area contributed by atoms with Crippen LogP contribution in [0.25, 0.3) is 6.08 Å². The summed E-state index contributed by atoms with van der Waals surface area (Å²) >= 11 is 0. The molecule has 30 heavy (non-hydrogen) atoms. The van der Waals surface area contributed by atoms with Gasteiger partial charge in [-0.2, -0.15) is 5.01 Å². The average Bonchev–Trinajstić information content (AvgIpc) is 2.72. The number of piperidine rings is 1. The number of benzene rings is 1. The number of amides is 4. The maximum absolute atomic E-state index is 13.0. The number of nitrogens with one attached hydrogen (secondary N) is 2. The minimum absolute atomic E-state index is 0.0700. The Balaban J connectivity index is 2.20. The first-order chi connectivity index (χ1) is 14.3. The van der Waals surface area contributed by atoms with Crippen LogP contribution in [-0.2, 0) is 19.2 Å². The summed E-state index contributed by atoms with van der Waals surface area (Å²) in [6.45, 7) is 3.82. The van der Waals surface area contributed by atoms with Crippen molar-refractivity contribution in [3.63, 3.8) is 0 Å². The van der Waals surface area contributed by atoms with E-state index in [1.54, 1.807) is 11.6 Å². The number of hydrogen-bond donors (Lipinski definition) is 3. The van der Waals surface area contributed by atoms with E-state index in [1.165, 1.54) is 0 Å². The van der Waals surface area contributed by atoms with Gasteiger partial charge in [0.1, 0.15) is 0 Å². The third-order valence-electron chi connectivity index (χ3n) is 5.00. The van der Waals surface area contributed by atoms with Crippen molar-refractivity contribution >= 4 is 29.7 Å². The number of carbonyl (C=O) groups is 4. The molecule has 0 bridgehead atoms. The fourth-order valence-corrected chi connectivity index (χ4v) is 3.49. The van der Waals surface area contributed by atoms with Crippen LogP contribution < -0.4 is 10.9 Å². The van der Waals surface area contributed by atoms with Crippen LogP contribution in [0.15, 0.2) is 36.4 Å². The van der Waals surface area contributed by atoms with Crippen molar-refractivity contribution < 1.29 is 24.4 Å². The molecule has 3 N–H and O–H groups in total. The summed E-state index contributed by atoms with van der Waals surface area (Å²) in [4.78, 5) is 49.4. The zero-order valence-electron chi connectivity index (χ0n) is 17.3. The van der Waals surface area contributed by atoms with Gasteiger partial charge in [0.15, 0.2) is 0 Å². The summed E-state index contributed by atoms with van der Waals surface area (Å²) in [5, 5.41) is 9.97. The fourth-order valence-electron chi connectivity index (χ4n) is 3.49. The third kappa shape index (κ3) is 6.52. The molecule has 1 saturated heterocycles. The Hall–Kier alpha value is -3.00. The van der Waals surface area contributed by atoms with Crippen LogP contribution in [0, 0.1) is 17.8 Å². The lowest BCUT2D eigenvalue weighted by atomic mass is 9.82. The van der Waals surface area contributed by atoms with Crippen molar-refractivity contribution in [3.8, 4) is 0 Å². The predicted molar refractivity (Wildman–Crippen MR) is 110 cm³/mol. The summed E-state index contributed by atoms with van der Waals surface area (Å²) in [7, 11) is 0. The van der Waals surface area contributed by atoms with Crippen molar-refractivity contribution in [2.75, 3.05) is 0 Å². The highest BCUT2D eigenvalue weighted by atomic mass is 16.5. The number of hydroxylamine groups is 1. The summed E-state index contributed by atoms with van der Waals surface area (Å²) in [5.74, 6) is -3.84. The van der Waals surface area contributed by atoms with Crippen LogP contribution in [0.5, 0.6) is 0 Å². The highest BCUT2D eigenvalue weighted by Gasteiger charge is 2.36. The second-order valence-corrected chi connectivity index (χ2v) is 7.82. The van der Waals surface area contributed by atoms with Crippen LogP contribution in [-0.4, -0.2) is 33.8 Å². The average molecular weight is 415 g/mol. The molecule has 2 rings (SSSR count). The van der Waals surface area contributed by atoms with E-state index in [1.807, 2.05) is 50.3 Å².